The van der Waals surface area contributed by atoms with Gasteiger partial charge in [-0.3, -0.25) is 4.79 Å². The first-order valence-corrected chi connectivity index (χ1v) is 12.5. The number of nitrogens with zero attached hydrogens (tertiary/aromatic N) is 1. The number of benzene rings is 4. The molecule has 1 aliphatic heterocycles. The van der Waals surface area contributed by atoms with E-state index in [0.29, 0.717) is 34.1 Å². The SMILES string of the molecule is CC(CNC(=O)c1ccc2c(c1)N=C(c1ccc(Cl)cc1)c1cc(F)ccc1S2)c1ccccc1. The van der Waals surface area contributed by atoms with Crippen molar-refractivity contribution in [1.29, 1.82) is 0 Å². The minimum atomic E-state index is -0.329. The van der Waals surface area contributed by atoms with Crippen LogP contribution in [0.2, 0.25) is 5.02 Å². The summed E-state index contributed by atoms with van der Waals surface area (Å²) in [5, 5.41) is 3.65. The van der Waals surface area contributed by atoms with Crippen molar-refractivity contribution >= 4 is 40.7 Å². The molecular formula is C29H22ClFN2OS. The molecule has 0 spiro atoms. The smallest absolute Gasteiger partial charge is 0.251 e. The second-order valence-corrected chi connectivity index (χ2v) is 9.93. The van der Waals surface area contributed by atoms with Crippen LogP contribution in [0, 0.1) is 5.82 Å². The lowest BCUT2D eigenvalue weighted by atomic mass is 10.0. The Hall–Kier alpha value is -3.41. The van der Waals surface area contributed by atoms with Crippen molar-refractivity contribution in [3.05, 3.63) is 124 Å². The Morgan fingerprint density at radius 2 is 1.71 bits per heavy atom. The van der Waals surface area contributed by atoms with Crippen LogP contribution in [-0.4, -0.2) is 18.2 Å². The van der Waals surface area contributed by atoms with E-state index in [2.05, 4.69) is 24.4 Å². The van der Waals surface area contributed by atoms with Crippen LogP contribution in [0.15, 0.2) is 106 Å². The molecule has 4 aromatic rings. The highest BCUT2D eigenvalue weighted by molar-refractivity contribution is 7.99. The molecule has 0 saturated carbocycles. The topological polar surface area (TPSA) is 41.5 Å². The second-order valence-electron chi connectivity index (χ2n) is 8.41. The summed E-state index contributed by atoms with van der Waals surface area (Å²) in [7, 11) is 0. The third kappa shape index (κ3) is 5.16. The van der Waals surface area contributed by atoms with Crippen LogP contribution >= 0.6 is 23.4 Å². The van der Waals surface area contributed by atoms with E-state index in [9.17, 15) is 9.18 Å². The number of amides is 1. The predicted molar refractivity (Wildman–Crippen MR) is 141 cm³/mol. The van der Waals surface area contributed by atoms with Gasteiger partial charge in [0.05, 0.1) is 11.4 Å². The number of hydrogen-bond donors (Lipinski definition) is 1. The molecular weight excluding hydrogens is 479 g/mol. The van der Waals surface area contributed by atoms with Gasteiger partial charge in [-0.2, -0.15) is 0 Å². The molecule has 3 nitrogen and oxygen atoms in total. The number of fused-ring (bicyclic) bond motifs is 2. The average Bonchev–Trinajstić information content (AvgIpc) is 3.04. The van der Waals surface area contributed by atoms with Gasteiger partial charge >= 0.3 is 0 Å². The third-order valence-corrected chi connectivity index (χ3v) is 7.32. The van der Waals surface area contributed by atoms with Crippen molar-refractivity contribution in [2.45, 2.75) is 22.6 Å². The van der Waals surface area contributed by atoms with E-state index in [1.54, 1.807) is 30.3 Å². The van der Waals surface area contributed by atoms with Crippen molar-refractivity contribution in [3.63, 3.8) is 0 Å². The van der Waals surface area contributed by atoms with Gasteiger partial charge in [0.15, 0.2) is 0 Å². The van der Waals surface area contributed by atoms with Gasteiger partial charge in [0.2, 0.25) is 0 Å². The van der Waals surface area contributed by atoms with E-state index >= 15 is 0 Å². The Kier molecular flexibility index (Phi) is 6.71. The van der Waals surface area contributed by atoms with Gasteiger partial charge in [0.25, 0.3) is 5.91 Å². The van der Waals surface area contributed by atoms with Gasteiger partial charge in [-0.25, -0.2) is 9.38 Å². The van der Waals surface area contributed by atoms with Gasteiger partial charge in [-0.15, -0.1) is 0 Å². The summed E-state index contributed by atoms with van der Waals surface area (Å²) in [5.74, 6) is -0.295. The van der Waals surface area contributed by atoms with Crippen LogP contribution in [-0.2, 0) is 0 Å². The van der Waals surface area contributed by atoms with Crippen molar-refractivity contribution < 1.29 is 9.18 Å². The molecule has 0 aromatic heterocycles. The van der Waals surface area contributed by atoms with E-state index < -0.39 is 0 Å². The number of carbonyl (C=O) groups excluding carboxylic acids is 1. The van der Waals surface area contributed by atoms with Crippen LogP contribution < -0.4 is 5.32 Å². The van der Waals surface area contributed by atoms with E-state index in [4.69, 9.17) is 16.6 Å². The monoisotopic (exact) mass is 500 g/mol. The first kappa shape index (κ1) is 23.3. The Morgan fingerprint density at radius 3 is 2.49 bits per heavy atom. The normalized spacial score (nSPS) is 13.2. The summed E-state index contributed by atoms with van der Waals surface area (Å²) in [6.07, 6.45) is 0. The number of nitrogens with one attached hydrogen (secondary N) is 1. The predicted octanol–water partition coefficient (Wildman–Crippen LogP) is 7.65. The molecule has 5 rings (SSSR count). The number of aliphatic imine (C=N–C) groups is 1. The standard InChI is InChI=1S/C29H22ClFN2OS/c1-18(19-5-3-2-4-6-19)17-32-29(34)21-9-13-27-25(15-21)33-28(20-7-10-22(30)11-8-20)24-16-23(31)12-14-26(24)35-27/h2-16,18H,17H2,1H3,(H,32,34). The van der Waals surface area contributed by atoms with Crippen LogP contribution in [0.1, 0.15) is 39.9 Å². The molecule has 1 atom stereocenters. The quantitative estimate of drug-likeness (QED) is 0.269. The van der Waals surface area contributed by atoms with Gasteiger partial charge < -0.3 is 5.32 Å². The molecule has 1 unspecified atom stereocenters. The summed E-state index contributed by atoms with van der Waals surface area (Å²) < 4.78 is 14.2. The Balaban J connectivity index is 1.47. The third-order valence-electron chi connectivity index (χ3n) is 5.93. The number of rotatable bonds is 5. The zero-order valence-electron chi connectivity index (χ0n) is 19.0. The van der Waals surface area contributed by atoms with Gasteiger partial charge in [0.1, 0.15) is 5.82 Å². The van der Waals surface area contributed by atoms with Gasteiger partial charge in [-0.05, 0) is 60.0 Å². The van der Waals surface area contributed by atoms with Crippen LogP contribution in [0.4, 0.5) is 10.1 Å². The van der Waals surface area contributed by atoms with E-state index in [-0.39, 0.29) is 17.6 Å². The summed E-state index contributed by atoms with van der Waals surface area (Å²) in [6, 6.07) is 27.6. The largest absolute Gasteiger partial charge is 0.351 e. The van der Waals surface area contributed by atoms with E-state index in [0.717, 1.165) is 15.4 Å². The number of carbonyl (C=O) groups is 1. The Bertz CT molecular complexity index is 1420. The Morgan fingerprint density at radius 1 is 0.971 bits per heavy atom. The molecule has 174 valence electrons. The van der Waals surface area contributed by atoms with Crippen molar-refractivity contribution in [3.8, 4) is 0 Å². The van der Waals surface area contributed by atoms with Gasteiger partial charge in [-0.1, -0.05) is 72.8 Å². The molecule has 0 fully saturated rings. The summed E-state index contributed by atoms with van der Waals surface area (Å²) in [5.41, 5.74) is 4.53. The lowest BCUT2D eigenvalue weighted by molar-refractivity contribution is 0.0951. The fraction of sp³-hybridized carbons (Fsp3) is 0.103. The first-order valence-electron chi connectivity index (χ1n) is 11.3. The second kappa shape index (κ2) is 10.1. The molecule has 6 heteroatoms. The molecule has 35 heavy (non-hydrogen) atoms. The lowest BCUT2D eigenvalue weighted by Gasteiger charge is -2.13. The fourth-order valence-electron chi connectivity index (χ4n) is 3.98. The number of halogens is 2. The maximum atomic E-state index is 14.2. The highest BCUT2D eigenvalue weighted by atomic mass is 35.5. The average molecular weight is 501 g/mol. The maximum Gasteiger partial charge on any atom is 0.251 e. The summed E-state index contributed by atoms with van der Waals surface area (Å²) in [6.45, 7) is 2.61. The van der Waals surface area contributed by atoms with E-state index in [1.807, 2.05) is 36.4 Å². The summed E-state index contributed by atoms with van der Waals surface area (Å²) in [4.78, 5) is 19.7. The molecule has 4 aromatic carbocycles. The minimum Gasteiger partial charge on any atom is -0.351 e. The molecule has 1 heterocycles. The molecule has 1 N–H and O–H groups in total. The molecule has 0 saturated heterocycles. The maximum absolute atomic E-state index is 14.2. The molecule has 0 radical (unpaired) electrons. The molecule has 0 aliphatic carbocycles. The molecule has 1 aliphatic rings. The summed E-state index contributed by atoms with van der Waals surface area (Å²) >= 11 is 7.60. The lowest BCUT2D eigenvalue weighted by Crippen LogP contribution is -2.27. The first-order chi connectivity index (χ1) is 17.0. The fourth-order valence-corrected chi connectivity index (χ4v) is 5.09. The molecule has 0 bridgehead atoms. The van der Waals surface area contributed by atoms with Crippen LogP contribution in [0.25, 0.3) is 0 Å². The molecule has 1 amide bonds. The Labute approximate surface area is 213 Å². The van der Waals surface area contributed by atoms with E-state index in [1.165, 1.54) is 29.5 Å². The minimum absolute atomic E-state index is 0.156. The van der Waals surface area contributed by atoms with Gasteiger partial charge in [0, 0.05) is 38.0 Å². The van der Waals surface area contributed by atoms with Crippen LogP contribution in [0.5, 0.6) is 0 Å². The number of hydrogen-bond acceptors (Lipinski definition) is 3. The van der Waals surface area contributed by atoms with Crippen molar-refractivity contribution in [1.82, 2.24) is 5.32 Å². The highest BCUT2D eigenvalue weighted by Crippen LogP contribution is 2.42. The van der Waals surface area contributed by atoms with Crippen LogP contribution in [0.3, 0.4) is 0 Å². The highest BCUT2D eigenvalue weighted by Gasteiger charge is 2.21. The zero-order chi connectivity index (χ0) is 24.4. The zero-order valence-corrected chi connectivity index (χ0v) is 20.5. The van der Waals surface area contributed by atoms with Crippen molar-refractivity contribution in [2.24, 2.45) is 4.99 Å². The van der Waals surface area contributed by atoms with Crippen molar-refractivity contribution in [2.75, 3.05) is 6.54 Å².